The molecule has 2 amide bonds. The summed E-state index contributed by atoms with van der Waals surface area (Å²) in [5.74, 6) is -0.607. The molecule has 0 saturated carbocycles. The molecule has 11 heteroatoms. The van der Waals surface area contributed by atoms with Crippen LogP contribution in [0.2, 0.25) is 5.02 Å². The molecule has 0 radical (unpaired) electrons. The molecule has 38 heavy (non-hydrogen) atoms. The monoisotopic (exact) mass is 535 g/mol. The van der Waals surface area contributed by atoms with Gasteiger partial charge in [0, 0.05) is 42.5 Å². The standard InChI is InChI=1S/C27H23ClFN5O4/c28-21-11-17(19-12-22(29)25(33-14-19)27(36)34-5-7-37-8-6-34)9-18-10-20(38-26(18)21)15-32-24(35)4-2-16-1-3-23(30)31-13-16/h1-4,9-14H,5-8,15H2,(H2,30,31)(H,32,35). The number of rotatable bonds is 6. The van der Waals surface area contributed by atoms with Crippen LogP contribution in [-0.4, -0.2) is 53.0 Å². The van der Waals surface area contributed by atoms with E-state index in [1.54, 1.807) is 42.6 Å². The molecule has 194 valence electrons. The molecule has 1 fully saturated rings. The van der Waals surface area contributed by atoms with Gasteiger partial charge < -0.3 is 25.1 Å². The van der Waals surface area contributed by atoms with Crippen molar-refractivity contribution in [3.05, 3.63) is 82.7 Å². The highest BCUT2D eigenvalue weighted by Gasteiger charge is 2.23. The second-order valence-electron chi connectivity index (χ2n) is 8.62. The Labute approximate surface area is 222 Å². The van der Waals surface area contributed by atoms with Crippen molar-refractivity contribution >= 4 is 46.3 Å². The third-order valence-corrected chi connectivity index (χ3v) is 6.25. The number of fused-ring (bicyclic) bond motifs is 1. The van der Waals surface area contributed by atoms with Crippen LogP contribution in [-0.2, 0) is 16.1 Å². The third-order valence-electron chi connectivity index (χ3n) is 5.97. The summed E-state index contributed by atoms with van der Waals surface area (Å²) in [5, 5.41) is 3.74. The van der Waals surface area contributed by atoms with Gasteiger partial charge in [0.05, 0.1) is 24.8 Å². The number of anilines is 1. The minimum Gasteiger partial charge on any atom is -0.458 e. The maximum Gasteiger partial charge on any atom is 0.275 e. The maximum atomic E-state index is 14.9. The summed E-state index contributed by atoms with van der Waals surface area (Å²) in [6, 6.07) is 9.83. The molecule has 0 spiro atoms. The lowest BCUT2D eigenvalue weighted by Crippen LogP contribution is -2.41. The number of carbonyl (C=O) groups excluding carboxylic acids is 2. The molecule has 1 aromatic carbocycles. The van der Waals surface area contributed by atoms with E-state index in [1.165, 1.54) is 23.2 Å². The summed E-state index contributed by atoms with van der Waals surface area (Å²) in [6.45, 7) is 1.76. The molecule has 3 N–H and O–H groups in total. The van der Waals surface area contributed by atoms with Crippen LogP contribution in [0.25, 0.3) is 28.2 Å². The van der Waals surface area contributed by atoms with Crippen LogP contribution in [0.4, 0.5) is 10.2 Å². The van der Waals surface area contributed by atoms with Crippen LogP contribution >= 0.6 is 11.6 Å². The van der Waals surface area contributed by atoms with E-state index in [-0.39, 0.29) is 18.1 Å². The van der Waals surface area contributed by atoms with Crippen molar-refractivity contribution < 1.29 is 23.1 Å². The van der Waals surface area contributed by atoms with E-state index in [0.29, 0.717) is 65.0 Å². The molecule has 4 aromatic rings. The largest absolute Gasteiger partial charge is 0.458 e. The van der Waals surface area contributed by atoms with E-state index < -0.39 is 11.7 Å². The molecule has 0 unspecified atom stereocenters. The predicted octanol–water partition coefficient (Wildman–Crippen LogP) is 4.07. The third kappa shape index (κ3) is 5.66. The number of hydrogen-bond acceptors (Lipinski definition) is 7. The zero-order valence-corrected chi connectivity index (χ0v) is 20.9. The Kier molecular flexibility index (Phi) is 7.34. The molecule has 1 saturated heterocycles. The average molecular weight is 536 g/mol. The van der Waals surface area contributed by atoms with Crippen molar-refractivity contribution in [2.45, 2.75) is 6.54 Å². The van der Waals surface area contributed by atoms with Gasteiger partial charge in [0.2, 0.25) is 5.91 Å². The zero-order chi connectivity index (χ0) is 26.6. The minimum absolute atomic E-state index is 0.137. The number of carbonyl (C=O) groups is 2. The van der Waals surface area contributed by atoms with Gasteiger partial charge in [-0.3, -0.25) is 9.59 Å². The van der Waals surface area contributed by atoms with Crippen LogP contribution in [0, 0.1) is 5.82 Å². The molecular formula is C27H23ClFN5O4. The highest BCUT2D eigenvalue weighted by Crippen LogP contribution is 2.33. The topological polar surface area (TPSA) is 124 Å². The molecule has 4 heterocycles. The Morgan fingerprint density at radius 1 is 1.11 bits per heavy atom. The first kappa shape index (κ1) is 25.4. The number of nitrogens with zero attached hydrogens (tertiary/aromatic N) is 3. The number of halogens is 2. The van der Waals surface area contributed by atoms with Gasteiger partial charge in [0.25, 0.3) is 5.91 Å². The first-order valence-electron chi connectivity index (χ1n) is 11.8. The molecule has 1 aliphatic heterocycles. The van der Waals surface area contributed by atoms with Crippen molar-refractivity contribution in [1.82, 2.24) is 20.2 Å². The molecule has 3 aromatic heterocycles. The minimum atomic E-state index is -0.714. The summed E-state index contributed by atoms with van der Waals surface area (Å²) < 4.78 is 25.9. The summed E-state index contributed by atoms with van der Waals surface area (Å²) in [4.78, 5) is 34.4. The SMILES string of the molecule is Nc1ccc(C=CC(=O)NCc2cc3cc(-c4cnc(C(=O)N5CCOCC5)c(F)c4)cc(Cl)c3o2)cn1. The van der Waals surface area contributed by atoms with E-state index in [9.17, 15) is 14.0 Å². The highest BCUT2D eigenvalue weighted by molar-refractivity contribution is 6.35. The summed E-state index contributed by atoms with van der Waals surface area (Å²) in [5.41, 5.74) is 7.57. The number of ether oxygens (including phenoxy) is 1. The Hall–Kier alpha value is -4.28. The van der Waals surface area contributed by atoms with Crippen LogP contribution in [0.5, 0.6) is 0 Å². The number of hydrogen-bond donors (Lipinski definition) is 2. The van der Waals surface area contributed by atoms with Gasteiger partial charge in [-0.15, -0.1) is 0 Å². The normalized spacial score (nSPS) is 13.8. The number of furan rings is 1. The van der Waals surface area contributed by atoms with Gasteiger partial charge in [0.1, 0.15) is 11.6 Å². The number of pyridine rings is 2. The lowest BCUT2D eigenvalue weighted by atomic mass is 10.0. The van der Waals surface area contributed by atoms with Gasteiger partial charge in [-0.2, -0.15) is 0 Å². The fourth-order valence-electron chi connectivity index (χ4n) is 4.01. The van der Waals surface area contributed by atoms with Crippen LogP contribution in [0.15, 0.2) is 59.3 Å². The Balaban J connectivity index is 1.29. The second kappa shape index (κ2) is 11.0. The molecule has 0 atom stereocenters. The lowest BCUT2D eigenvalue weighted by molar-refractivity contribution is -0.116. The first-order chi connectivity index (χ1) is 18.4. The first-order valence-corrected chi connectivity index (χ1v) is 12.2. The van der Waals surface area contributed by atoms with Crippen molar-refractivity contribution in [1.29, 1.82) is 0 Å². The second-order valence-corrected chi connectivity index (χ2v) is 9.02. The molecule has 0 bridgehead atoms. The summed E-state index contributed by atoms with van der Waals surface area (Å²) >= 11 is 6.45. The Morgan fingerprint density at radius 3 is 2.66 bits per heavy atom. The quantitative estimate of drug-likeness (QED) is 0.357. The molecule has 1 aliphatic rings. The lowest BCUT2D eigenvalue weighted by Gasteiger charge is -2.26. The van der Waals surface area contributed by atoms with Gasteiger partial charge in [-0.1, -0.05) is 11.6 Å². The highest BCUT2D eigenvalue weighted by atomic mass is 35.5. The van der Waals surface area contributed by atoms with Gasteiger partial charge in [0.15, 0.2) is 17.1 Å². The fraction of sp³-hybridized carbons (Fsp3) is 0.185. The Morgan fingerprint density at radius 2 is 1.92 bits per heavy atom. The average Bonchev–Trinajstić information content (AvgIpc) is 3.35. The fourth-order valence-corrected chi connectivity index (χ4v) is 4.27. The van der Waals surface area contributed by atoms with Crippen LogP contribution < -0.4 is 11.1 Å². The number of aromatic nitrogens is 2. The van der Waals surface area contributed by atoms with Crippen molar-refractivity contribution in [3.8, 4) is 11.1 Å². The molecule has 5 rings (SSSR count). The van der Waals surface area contributed by atoms with Crippen molar-refractivity contribution in [2.24, 2.45) is 0 Å². The smallest absolute Gasteiger partial charge is 0.275 e. The number of nitrogens with two attached hydrogens (primary N) is 1. The summed E-state index contributed by atoms with van der Waals surface area (Å²) in [6.07, 6.45) is 6.01. The predicted molar refractivity (Wildman–Crippen MR) is 141 cm³/mol. The summed E-state index contributed by atoms with van der Waals surface area (Å²) in [7, 11) is 0. The van der Waals surface area contributed by atoms with E-state index in [1.807, 2.05) is 0 Å². The maximum absolute atomic E-state index is 14.9. The zero-order valence-electron chi connectivity index (χ0n) is 20.1. The molecule has 0 aliphatic carbocycles. The Bertz CT molecular complexity index is 1530. The van der Waals surface area contributed by atoms with Crippen LogP contribution in [0.3, 0.4) is 0 Å². The number of amides is 2. The number of morpholine rings is 1. The van der Waals surface area contributed by atoms with Gasteiger partial charge >= 0.3 is 0 Å². The van der Waals surface area contributed by atoms with Crippen molar-refractivity contribution in [2.75, 3.05) is 32.0 Å². The van der Waals surface area contributed by atoms with E-state index >= 15 is 0 Å². The van der Waals surface area contributed by atoms with E-state index in [2.05, 4.69) is 15.3 Å². The number of nitrogens with one attached hydrogen (secondary N) is 1. The molecular weight excluding hydrogens is 513 g/mol. The molecule has 9 nitrogen and oxygen atoms in total. The number of benzene rings is 1. The van der Waals surface area contributed by atoms with Crippen molar-refractivity contribution in [3.63, 3.8) is 0 Å². The van der Waals surface area contributed by atoms with E-state index in [4.69, 9.17) is 26.5 Å². The van der Waals surface area contributed by atoms with E-state index in [0.717, 1.165) is 5.56 Å². The van der Waals surface area contributed by atoms with Gasteiger partial charge in [-0.05, 0) is 53.6 Å². The van der Waals surface area contributed by atoms with Crippen LogP contribution in [0.1, 0.15) is 21.8 Å². The number of nitrogen functional groups attached to an aromatic ring is 1. The van der Waals surface area contributed by atoms with Gasteiger partial charge in [-0.25, -0.2) is 14.4 Å².